The molecule has 4 aliphatic rings. The normalized spacial score (nSPS) is 47.8. The zero-order chi connectivity index (χ0) is 20.1. The predicted octanol–water partition coefficient (Wildman–Crippen LogP) is 3.65. The summed E-state index contributed by atoms with van der Waals surface area (Å²) in [5, 5.41) is 15.1. The Labute approximate surface area is 167 Å². The summed E-state index contributed by atoms with van der Waals surface area (Å²) in [6.45, 7) is 6.69. The molecule has 0 aromatic carbocycles. The highest BCUT2D eigenvalue weighted by atomic mass is 32.3. The van der Waals surface area contributed by atoms with E-state index in [1.54, 1.807) is 0 Å². The Balaban J connectivity index is 1.49. The molecule has 0 saturated heterocycles. The van der Waals surface area contributed by atoms with Crippen LogP contribution in [0.1, 0.15) is 70.6 Å². The van der Waals surface area contributed by atoms with Crippen molar-refractivity contribution in [3.8, 4) is 0 Å². The summed E-state index contributed by atoms with van der Waals surface area (Å²) in [6.07, 6.45) is 9.38. The second-order valence-electron chi connectivity index (χ2n) is 10.7. The molecule has 0 bridgehead atoms. The standard InChI is InChI=1S/C21H31FN2O3S/c1-19-11-13-12-24(28(22,26)27)23-18(13)10-14(19)4-5-15-16(19)6-8-20(2)17(15)7-9-21(20,3)25/h12,14-17,25H,4-11H2,1-3H3/t14-,15+,16-,17-,19-,20-,21-/m0/s1. The number of aliphatic hydroxyl groups is 1. The number of hydrogen-bond donors (Lipinski definition) is 1. The Morgan fingerprint density at radius 1 is 1.14 bits per heavy atom. The molecule has 0 aliphatic heterocycles. The molecule has 1 heterocycles. The van der Waals surface area contributed by atoms with Crippen LogP contribution >= 0.6 is 0 Å². The fourth-order valence-corrected chi connectivity index (χ4v) is 8.33. The first kappa shape index (κ1) is 19.0. The minimum atomic E-state index is -4.83. The van der Waals surface area contributed by atoms with Gasteiger partial charge in [0.05, 0.1) is 11.3 Å². The monoisotopic (exact) mass is 410 g/mol. The maximum absolute atomic E-state index is 13.5. The summed E-state index contributed by atoms with van der Waals surface area (Å²) in [5.41, 5.74) is 1.18. The molecule has 5 nitrogen and oxygen atoms in total. The van der Waals surface area contributed by atoms with Crippen molar-refractivity contribution in [1.29, 1.82) is 0 Å². The van der Waals surface area contributed by atoms with E-state index in [2.05, 4.69) is 18.9 Å². The lowest BCUT2D eigenvalue weighted by Gasteiger charge is -2.60. The van der Waals surface area contributed by atoms with Crippen molar-refractivity contribution >= 4 is 10.4 Å². The lowest BCUT2D eigenvalue weighted by molar-refractivity contribution is -0.139. The van der Waals surface area contributed by atoms with Gasteiger partial charge in [0.25, 0.3) is 0 Å². The molecule has 3 fully saturated rings. The van der Waals surface area contributed by atoms with Crippen LogP contribution in [-0.2, 0) is 23.3 Å². The van der Waals surface area contributed by atoms with Crippen LogP contribution in [0, 0.1) is 34.5 Å². The number of nitrogens with zero attached hydrogens (tertiary/aromatic N) is 2. The topological polar surface area (TPSA) is 72.2 Å². The third-order valence-corrected chi connectivity index (χ3v) is 10.4. The molecule has 7 atom stereocenters. The van der Waals surface area contributed by atoms with Gasteiger partial charge in [0.15, 0.2) is 0 Å². The summed E-state index contributed by atoms with van der Waals surface area (Å²) in [5.74, 6) is 2.24. The Morgan fingerprint density at radius 3 is 2.57 bits per heavy atom. The van der Waals surface area contributed by atoms with Gasteiger partial charge in [0.1, 0.15) is 0 Å². The Kier molecular flexibility index (Phi) is 3.80. The van der Waals surface area contributed by atoms with Gasteiger partial charge in [-0.25, -0.2) is 0 Å². The summed E-state index contributed by atoms with van der Waals surface area (Å²) < 4.78 is 36.6. The van der Waals surface area contributed by atoms with E-state index in [0.29, 0.717) is 27.8 Å². The Hall–Kier alpha value is -0.950. The van der Waals surface area contributed by atoms with E-state index in [-0.39, 0.29) is 10.8 Å². The molecule has 3 saturated carbocycles. The molecule has 1 aromatic heterocycles. The third kappa shape index (κ3) is 2.38. The molecule has 7 heteroatoms. The van der Waals surface area contributed by atoms with Crippen molar-refractivity contribution < 1.29 is 17.4 Å². The zero-order valence-corrected chi connectivity index (χ0v) is 17.8. The quantitative estimate of drug-likeness (QED) is 0.717. The van der Waals surface area contributed by atoms with Crippen LogP contribution < -0.4 is 0 Å². The van der Waals surface area contributed by atoms with E-state index in [4.69, 9.17) is 0 Å². The minimum absolute atomic E-state index is 0.00435. The van der Waals surface area contributed by atoms with E-state index in [0.717, 1.165) is 56.2 Å². The van der Waals surface area contributed by atoms with E-state index in [9.17, 15) is 17.4 Å². The highest BCUT2D eigenvalue weighted by Crippen LogP contribution is 2.67. The highest BCUT2D eigenvalue weighted by molar-refractivity contribution is 7.84. The van der Waals surface area contributed by atoms with Crippen molar-refractivity contribution in [2.24, 2.45) is 34.5 Å². The molecule has 0 amide bonds. The first-order valence-electron chi connectivity index (χ1n) is 10.7. The largest absolute Gasteiger partial charge is 0.418 e. The first-order chi connectivity index (χ1) is 13.0. The fraction of sp³-hybridized carbons (Fsp3) is 0.857. The van der Waals surface area contributed by atoms with Crippen LogP contribution in [0.2, 0.25) is 0 Å². The molecule has 156 valence electrons. The van der Waals surface area contributed by atoms with E-state index >= 15 is 0 Å². The molecular weight excluding hydrogens is 379 g/mol. The molecule has 4 aliphatic carbocycles. The maximum atomic E-state index is 13.5. The summed E-state index contributed by atoms with van der Waals surface area (Å²) in [6, 6.07) is 0. The van der Waals surface area contributed by atoms with Crippen LogP contribution in [0.3, 0.4) is 0 Å². The predicted molar refractivity (Wildman–Crippen MR) is 104 cm³/mol. The van der Waals surface area contributed by atoms with Crippen LogP contribution in [0.15, 0.2) is 6.20 Å². The lowest BCUT2D eigenvalue weighted by Crippen LogP contribution is -2.56. The summed E-state index contributed by atoms with van der Waals surface area (Å²) in [4.78, 5) is 0. The van der Waals surface area contributed by atoms with Crippen LogP contribution in [0.5, 0.6) is 0 Å². The van der Waals surface area contributed by atoms with Crippen molar-refractivity contribution in [2.45, 2.75) is 77.7 Å². The highest BCUT2D eigenvalue weighted by Gasteiger charge is 2.63. The van der Waals surface area contributed by atoms with Crippen LogP contribution in [0.4, 0.5) is 3.89 Å². The van der Waals surface area contributed by atoms with Gasteiger partial charge in [-0.2, -0.15) is 13.5 Å². The Bertz CT molecular complexity index is 926. The van der Waals surface area contributed by atoms with Gasteiger partial charge in [-0.3, -0.25) is 0 Å². The van der Waals surface area contributed by atoms with Crippen molar-refractivity contribution in [2.75, 3.05) is 0 Å². The summed E-state index contributed by atoms with van der Waals surface area (Å²) in [7, 11) is -4.83. The number of hydrogen-bond acceptors (Lipinski definition) is 4. The van der Waals surface area contributed by atoms with Crippen molar-refractivity contribution in [1.82, 2.24) is 9.19 Å². The number of rotatable bonds is 1. The van der Waals surface area contributed by atoms with Gasteiger partial charge in [0.2, 0.25) is 0 Å². The molecule has 28 heavy (non-hydrogen) atoms. The maximum Gasteiger partial charge on any atom is 0.418 e. The SMILES string of the molecule is C[C@]12Cc3cn(S(=O)(=O)F)nc3C[C@@H]1CC[C@@H]1[C@@H]2CC[C@@]2(C)[C@H]1CC[C@]2(C)O. The fourth-order valence-electron chi connectivity index (χ4n) is 7.88. The second kappa shape index (κ2) is 5.60. The Morgan fingerprint density at radius 2 is 1.86 bits per heavy atom. The van der Waals surface area contributed by atoms with Crippen LogP contribution in [-0.4, -0.2) is 28.3 Å². The zero-order valence-electron chi connectivity index (χ0n) is 17.0. The average molecular weight is 411 g/mol. The van der Waals surface area contributed by atoms with Gasteiger partial charge in [-0.1, -0.05) is 17.7 Å². The summed E-state index contributed by atoms with van der Waals surface area (Å²) >= 11 is 0. The van der Waals surface area contributed by atoms with E-state index in [1.165, 1.54) is 12.6 Å². The van der Waals surface area contributed by atoms with E-state index < -0.39 is 16.0 Å². The molecule has 5 rings (SSSR count). The lowest BCUT2D eigenvalue weighted by atomic mass is 9.44. The van der Waals surface area contributed by atoms with Gasteiger partial charge in [-0.05, 0) is 98.4 Å². The number of fused-ring (bicyclic) bond motifs is 6. The molecule has 0 unspecified atom stereocenters. The molecular formula is C21H31FN2O3S. The van der Waals surface area contributed by atoms with Gasteiger partial charge >= 0.3 is 10.4 Å². The van der Waals surface area contributed by atoms with Crippen molar-refractivity contribution in [3.05, 3.63) is 17.5 Å². The molecule has 1 N–H and O–H groups in total. The smallest absolute Gasteiger partial charge is 0.390 e. The van der Waals surface area contributed by atoms with Gasteiger partial charge < -0.3 is 5.11 Å². The average Bonchev–Trinajstić information content (AvgIpc) is 3.10. The third-order valence-electron chi connectivity index (χ3n) is 9.72. The van der Waals surface area contributed by atoms with Gasteiger partial charge in [0, 0.05) is 6.20 Å². The number of aromatic nitrogens is 2. The van der Waals surface area contributed by atoms with Gasteiger partial charge in [-0.15, -0.1) is 4.09 Å². The number of halogens is 1. The van der Waals surface area contributed by atoms with E-state index in [1.807, 2.05) is 6.92 Å². The second-order valence-corrected chi connectivity index (χ2v) is 11.9. The van der Waals surface area contributed by atoms with Crippen LogP contribution in [0.25, 0.3) is 0 Å². The molecule has 0 spiro atoms. The first-order valence-corrected chi connectivity index (χ1v) is 12.0. The van der Waals surface area contributed by atoms with Crippen molar-refractivity contribution in [3.63, 3.8) is 0 Å². The minimum Gasteiger partial charge on any atom is -0.390 e. The molecule has 1 aromatic rings. The molecule has 0 radical (unpaired) electrons.